The second-order valence-corrected chi connectivity index (χ2v) is 9.68. The number of benzene rings is 2. The van der Waals surface area contributed by atoms with Crippen molar-refractivity contribution in [2.24, 2.45) is 23.7 Å². The van der Waals surface area contributed by atoms with Crippen molar-refractivity contribution in [2.45, 2.75) is 57.9 Å². The summed E-state index contributed by atoms with van der Waals surface area (Å²) in [4.78, 5) is 0. The number of hydrogen-bond acceptors (Lipinski definition) is 2. The van der Waals surface area contributed by atoms with Crippen LogP contribution in [0.25, 0.3) is 0 Å². The first-order chi connectivity index (χ1) is 15.7. The lowest BCUT2D eigenvalue weighted by molar-refractivity contribution is 0.241. The molecule has 2 aromatic carbocycles. The molecule has 2 heteroatoms. The van der Waals surface area contributed by atoms with E-state index in [4.69, 9.17) is 4.74 Å². The fourth-order valence-electron chi connectivity index (χ4n) is 5.87. The second-order valence-electron chi connectivity index (χ2n) is 9.68. The van der Waals surface area contributed by atoms with E-state index in [1.54, 1.807) is 7.11 Å². The van der Waals surface area contributed by atoms with Gasteiger partial charge >= 0.3 is 0 Å². The van der Waals surface area contributed by atoms with E-state index >= 15 is 0 Å². The van der Waals surface area contributed by atoms with Crippen molar-refractivity contribution >= 4 is 5.69 Å². The average Bonchev–Trinajstić information content (AvgIpc) is 3.43. The summed E-state index contributed by atoms with van der Waals surface area (Å²) in [6.07, 6.45) is 18.6. The number of unbranched alkanes of at least 4 members (excludes halogenated alkanes) is 1. The van der Waals surface area contributed by atoms with E-state index in [-0.39, 0.29) is 6.04 Å². The fourth-order valence-corrected chi connectivity index (χ4v) is 5.87. The van der Waals surface area contributed by atoms with Gasteiger partial charge in [-0.2, -0.15) is 0 Å². The number of fused-ring (bicyclic) bond motifs is 2. The monoisotopic (exact) mass is 429 g/mol. The average molecular weight is 430 g/mol. The third-order valence-electron chi connectivity index (χ3n) is 7.78. The Morgan fingerprint density at radius 1 is 0.906 bits per heavy atom. The van der Waals surface area contributed by atoms with Crippen LogP contribution in [0.1, 0.15) is 63.5 Å². The summed E-state index contributed by atoms with van der Waals surface area (Å²) in [7, 11) is 1.70. The Labute approximate surface area is 194 Å². The standard InChI is InChI=1S/C30H39NO/c1-23-25-16-17-26(22-25)29(23)14-10-5-3-4-6-11-15-30(24-12-8-7-9-13-24)31-27-18-20-28(32-2)21-19-27/h5-13,18-21,23,25-26,29-31H,3-4,14-17,22H2,1-2H3/b10-5+,11-6+/t23-,25?,26?,29-,30?/m0/s1. The molecule has 2 fully saturated rings. The van der Waals surface area contributed by atoms with Crippen LogP contribution in [0, 0.1) is 23.7 Å². The highest BCUT2D eigenvalue weighted by atomic mass is 16.5. The third-order valence-corrected chi connectivity index (χ3v) is 7.78. The summed E-state index contributed by atoms with van der Waals surface area (Å²) in [5.41, 5.74) is 2.43. The van der Waals surface area contributed by atoms with Crippen LogP contribution in [0.2, 0.25) is 0 Å². The molecular formula is C30H39NO. The van der Waals surface area contributed by atoms with Gasteiger partial charge in [0.15, 0.2) is 0 Å². The van der Waals surface area contributed by atoms with Crippen molar-refractivity contribution in [1.82, 2.24) is 0 Å². The summed E-state index contributed by atoms with van der Waals surface area (Å²) in [6.45, 7) is 2.49. The van der Waals surface area contributed by atoms with Crippen LogP contribution in [0.4, 0.5) is 5.69 Å². The minimum atomic E-state index is 0.260. The smallest absolute Gasteiger partial charge is 0.119 e. The van der Waals surface area contributed by atoms with Gasteiger partial charge in [-0.1, -0.05) is 61.6 Å². The van der Waals surface area contributed by atoms with Gasteiger partial charge in [-0.25, -0.2) is 0 Å². The van der Waals surface area contributed by atoms with Crippen molar-refractivity contribution in [3.05, 3.63) is 84.5 Å². The van der Waals surface area contributed by atoms with Crippen LogP contribution in [-0.2, 0) is 0 Å². The molecule has 2 saturated carbocycles. The predicted octanol–water partition coefficient (Wildman–Crippen LogP) is 8.20. The summed E-state index contributed by atoms with van der Waals surface area (Å²) < 4.78 is 5.28. The topological polar surface area (TPSA) is 21.3 Å². The molecule has 2 aliphatic carbocycles. The van der Waals surface area contributed by atoms with Gasteiger partial charge in [0.2, 0.25) is 0 Å². The van der Waals surface area contributed by atoms with E-state index in [1.807, 2.05) is 12.1 Å². The molecule has 0 radical (unpaired) electrons. The van der Waals surface area contributed by atoms with Crippen LogP contribution in [-0.4, -0.2) is 7.11 Å². The highest BCUT2D eigenvalue weighted by Gasteiger charge is 2.44. The Hall–Kier alpha value is -2.48. The zero-order valence-corrected chi connectivity index (χ0v) is 19.8. The van der Waals surface area contributed by atoms with Crippen molar-refractivity contribution in [3.8, 4) is 5.75 Å². The molecule has 0 saturated heterocycles. The van der Waals surface area contributed by atoms with Gasteiger partial charge < -0.3 is 10.1 Å². The summed E-state index contributed by atoms with van der Waals surface area (Å²) in [5.74, 6) is 4.84. The highest BCUT2D eigenvalue weighted by Crippen LogP contribution is 2.53. The predicted molar refractivity (Wildman–Crippen MR) is 136 cm³/mol. The lowest BCUT2D eigenvalue weighted by Gasteiger charge is -2.27. The van der Waals surface area contributed by atoms with Crippen molar-refractivity contribution in [3.63, 3.8) is 0 Å². The molecule has 5 atom stereocenters. The first-order valence-corrected chi connectivity index (χ1v) is 12.5. The van der Waals surface area contributed by atoms with Gasteiger partial charge in [-0.3, -0.25) is 0 Å². The number of rotatable bonds is 11. The largest absolute Gasteiger partial charge is 0.497 e. The van der Waals surface area contributed by atoms with E-state index in [0.717, 1.165) is 54.4 Å². The summed E-state index contributed by atoms with van der Waals surface area (Å²) >= 11 is 0. The van der Waals surface area contributed by atoms with Gasteiger partial charge in [-0.05, 0) is 98.4 Å². The Bertz CT molecular complexity index is 867. The van der Waals surface area contributed by atoms with Crippen molar-refractivity contribution < 1.29 is 4.74 Å². The zero-order chi connectivity index (χ0) is 22.2. The molecule has 170 valence electrons. The van der Waals surface area contributed by atoms with E-state index in [1.165, 1.54) is 31.2 Å². The Morgan fingerprint density at radius 3 is 2.31 bits per heavy atom. The first kappa shape index (κ1) is 22.7. The normalized spacial score (nSPS) is 25.6. The molecule has 2 aliphatic rings. The number of allylic oxidation sites excluding steroid dienone is 3. The van der Waals surface area contributed by atoms with Gasteiger partial charge in [0.25, 0.3) is 0 Å². The van der Waals surface area contributed by atoms with E-state index in [2.05, 4.69) is 79.0 Å². The van der Waals surface area contributed by atoms with E-state index in [0.29, 0.717) is 0 Å². The quantitative estimate of drug-likeness (QED) is 0.287. The van der Waals surface area contributed by atoms with Crippen molar-refractivity contribution in [2.75, 3.05) is 12.4 Å². The molecule has 4 rings (SSSR count). The van der Waals surface area contributed by atoms with Crippen molar-refractivity contribution in [1.29, 1.82) is 0 Å². The maximum absolute atomic E-state index is 5.28. The molecule has 3 unspecified atom stereocenters. The van der Waals surface area contributed by atoms with E-state index < -0.39 is 0 Å². The molecule has 0 aromatic heterocycles. The van der Waals surface area contributed by atoms with Crippen LogP contribution >= 0.6 is 0 Å². The van der Waals surface area contributed by atoms with Crippen LogP contribution in [0.5, 0.6) is 5.75 Å². The number of hydrogen-bond donors (Lipinski definition) is 1. The minimum Gasteiger partial charge on any atom is -0.497 e. The fraction of sp³-hybridized carbons (Fsp3) is 0.467. The van der Waals surface area contributed by atoms with Gasteiger partial charge in [-0.15, -0.1) is 0 Å². The molecule has 1 N–H and O–H groups in total. The zero-order valence-electron chi connectivity index (χ0n) is 19.8. The summed E-state index contributed by atoms with van der Waals surface area (Å²) in [5, 5.41) is 3.69. The lowest BCUT2D eigenvalue weighted by Crippen LogP contribution is -2.18. The second kappa shape index (κ2) is 11.4. The van der Waals surface area contributed by atoms with Crippen LogP contribution < -0.4 is 10.1 Å². The Balaban J connectivity index is 1.23. The molecule has 0 aliphatic heterocycles. The maximum atomic E-state index is 5.28. The van der Waals surface area contributed by atoms with E-state index in [9.17, 15) is 0 Å². The SMILES string of the molecule is COc1ccc(NC(C/C=C/CC/C=C/C[C@@H]2C3CCC(C3)[C@@H]2C)c2ccccc2)cc1. The Morgan fingerprint density at radius 2 is 1.62 bits per heavy atom. The number of ether oxygens (including phenoxy) is 1. The third kappa shape index (κ3) is 5.85. The van der Waals surface area contributed by atoms with Crippen LogP contribution in [0.3, 0.4) is 0 Å². The molecule has 0 spiro atoms. The van der Waals surface area contributed by atoms with Gasteiger partial charge in [0.1, 0.15) is 5.75 Å². The molecule has 2 nitrogen and oxygen atoms in total. The molecule has 0 amide bonds. The molecule has 32 heavy (non-hydrogen) atoms. The molecule has 0 heterocycles. The Kier molecular flexibility index (Phi) is 8.09. The molecular weight excluding hydrogens is 390 g/mol. The van der Waals surface area contributed by atoms with Gasteiger partial charge in [0, 0.05) is 5.69 Å². The lowest BCUT2D eigenvalue weighted by atomic mass is 9.78. The molecule has 2 aromatic rings. The number of nitrogens with one attached hydrogen (secondary N) is 1. The van der Waals surface area contributed by atoms with Gasteiger partial charge in [0.05, 0.1) is 13.2 Å². The maximum Gasteiger partial charge on any atom is 0.119 e. The number of methoxy groups -OCH3 is 1. The minimum absolute atomic E-state index is 0.260. The highest BCUT2D eigenvalue weighted by molar-refractivity contribution is 5.48. The molecule has 2 bridgehead atoms. The summed E-state index contributed by atoms with van der Waals surface area (Å²) in [6, 6.07) is 19.1. The number of anilines is 1. The first-order valence-electron chi connectivity index (χ1n) is 12.5. The van der Waals surface area contributed by atoms with Crippen LogP contribution in [0.15, 0.2) is 78.9 Å².